The van der Waals surface area contributed by atoms with Gasteiger partial charge in [0.05, 0.1) is 11.5 Å². The van der Waals surface area contributed by atoms with Crippen LogP contribution in [0.25, 0.3) is 0 Å². The molecule has 0 radical (unpaired) electrons. The second kappa shape index (κ2) is 8.44. The number of carbonyl (C=O) groups excluding carboxylic acids is 2. The SMILES string of the molecule is CCOC(=O)C=CC(=O)Nc1ccc(S(=O)(=O)NC(C)C)cc1. The van der Waals surface area contributed by atoms with Gasteiger partial charge in [-0.1, -0.05) is 0 Å². The number of carbonyl (C=O) groups is 2. The first-order valence-electron chi connectivity index (χ1n) is 7.03. The molecule has 126 valence electrons. The molecule has 0 atom stereocenters. The van der Waals surface area contributed by atoms with Gasteiger partial charge in [0.25, 0.3) is 0 Å². The summed E-state index contributed by atoms with van der Waals surface area (Å²) in [5, 5.41) is 2.51. The lowest BCUT2D eigenvalue weighted by Crippen LogP contribution is -2.30. The molecule has 0 heterocycles. The number of hydrogen-bond acceptors (Lipinski definition) is 5. The van der Waals surface area contributed by atoms with E-state index in [4.69, 9.17) is 0 Å². The topological polar surface area (TPSA) is 102 Å². The van der Waals surface area contributed by atoms with Gasteiger partial charge in [0.1, 0.15) is 0 Å². The molecule has 0 saturated carbocycles. The van der Waals surface area contributed by atoms with Gasteiger partial charge in [-0.2, -0.15) is 0 Å². The Morgan fingerprint density at radius 2 is 1.78 bits per heavy atom. The molecule has 23 heavy (non-hydrogen) atoms. The van der Waals surface area contributed by atoms with E-state index in [1.807, 2.05) is 0 Å². The summed E-state index contributed by atoms with van der Waals surface area (Å²) in [7, 11) is -3.57. The minimum atomic E-state index is -3.57. The lowest BCUT2D eigenvalue weighted by molar-refractivity contribution is -0.137. The highest BCUT2D eigenvalue weighted by atomic mass is 32.2. The van der Waals surface area contributed by atoms with Crippen molar-refractivity contribution in [2.75, 3.05) is 11.9 Å². The van der Waals surface area contributed by atoms with Crippen LogP contribution in [0.3, 0.4) is 0 Å². The molecule has 0 aliphatic rings. The normalized spacial score (nSPS) is 11.7. The summed E-state index contributed by atoms with van der Waals surface area (Å²) >= 11 is 0. The number of amides is 1. The fourth-order valence-corrected chi connectivity index (χ4v) is 2.86. The van der Waals surface area contributed by atoms with E-state index >= 15 is 0 Å². The lowest BCUT2D eigenvalue weighted by atomic mass is 10.3. The monoisotopic (exact) mass is 340 g/mol. The van der Waals surface area contributed by atoms with E-state index in [1.54, 1.807) is 20.8 Å². The van der Waals surface area contributed by atoms with Crippen molar-refractivity contribution in [2.24, 2.45) is 0 Å². The van der Waals surface area contributed by atoms with Gasteiger partial charge in [-0.25, -0.2) is 17.9 Å². The summed E-state index contributed by atoms with van der Waals surface area (Å²) in [5.41, 5.74) is 0.409. The summed E-state index contributed by atoms with van der Waals surface area (Å²) < 4.78 is 31.0. The first kappa shape index (κ1) is 18.9. The van der Waals surface area contributed by atoms with Gasteiger partial charge >= 0.3 is 5.97 Å². The third-order valence-corrected chi connectivity index (χ3v) is 4.15. The van der Waals surface area contributed by atoms with Crippen molar-refractivity contribution < 1.29 is 22.7 Å². The van der Waals surface area contributed by atoms with Gasteiger partial charge in [0.2, 0.25) is 15.9 Å². The maximum Gasteiger partial charge on any atom is 0.330 e. The van der Waals surface area contributed by atoms with Crippen LogP contribution in [0, 0.1) is 0 Å². The highest BCUT2D eigenvalue weighted by Crippen LogP contribution is 2.14. The molecule has 0 saturated heterocycles. The number of nitrogens with one attached hydrogen (secondary N) is 2. The van der Waals surface area contributed by atoms with Crippen LogP contribution in [0.4, 0.5) is 5.69 Å². The third-order valence-electron chi connectivity index (χ3n) is 2.48. The second-order valence-electron chi connectivity index (χ2n) is 4.87. The van der Waals surface area contributed by atoms with Crippen molar-refractivity contribution in [3.8, 4) is 0 Å². The van der Waals surface area contributed by atoms with Crippen LogP contribution in [0.15, 0.2) is 41.3 Å². The summed E-state index contributed by atoms with van der Waals surface area (Å²) in [4.78, 5) is 22.8. The van der Waals surface area contributed by atoms with Crippen LogP contribution in [-0.4, -0.2) is 32.9 Å². The molecule has 1 aromatic carbocycles. The van der Waals surface area contributed by atoms with Gasteiger partial charge in [-0.15, -0.1) is 0 Å². The number of benzene rings is 1. The van der Waals surface area contributed by atoms with E-state index < -0.39 is 21.9 Å². The molecule has 0 unspecified atom stereocenters. The second-order valence-corrected chi connectivity index (χ2v) is 6.59. The van der Waals surface area contributed by atoms with Crippen LogP contribution in [-0.2, 0) is 24.3 Å². The maximum atomic E-state index is 12.0. The van der Waals surface area contributed by atoms with E-state index in [0.29, 0.717) is 5.69 Å². The zero-order valence-electron chi connectivity index (χ0n) is 13.2. The van der Waals surface area contributed by atoms with Crippen molar-refractivity contribution in [1.82, 2.24) is 4.72 Å². The van der Waals surface area contributed by atoms with Crippen LogP contribution < -0.4 is 10.0 Å². The summed E-state index contributed by atoms with van der Waals surface area (Å²) in [6, 6.07) is 5.48. The van der Waals surface area contributed by atoms with Crippen LogP contribution in [0.5, 0.6) is 0 Å². The highest BCUT2D eigenvalue weighted by Gasteiger charge is 2.14. The molecule has 0 spiro atoms. The molecule has 0 aliphatic carbocycles. The van der Waals surface area contributed by atoms with Crippen LogP contribution in [0.1, 0.15) is 20.8 Å². The third kappa shape index (κ3) is 6.62. The molecule has 1 rings (SSSR count). The number of esters is 1. The first-order valence-corrected chi connectivity index (χ1v) is 8.51. The number of sulfonamides is 1. The largest absolute Gasteiger partial charge is 0.463 e. The quantitative estimate of drug-likeness (QED) is 0.577. The molecular formula is C15H20N2O5S. The van der Waals surface area contributed by atoms with E-state index in [0.717, 1.165) is 12.2 Å². The minimum absolute atomic E-state index is 0.103. The van der Waals surface area contributed by atoms with E-state index in [9.17, 15) is 18.0 Å². The fourth-order valence-electron chi connectivity index (χ4n) is 1.61. The first-order chi connectivity index (χ1) is 10.7. The van der Waals surface area contributed by atoms with Crippen molar-refractivity contribution in [1.29, 1.82) is 0 Å². The Hall–Kier alpha value is -2.19. The zero-order valence-corrected chi connectivity index (χ0v) is 14.0. The average molecular weight is 340 g/mol. The summed E-state index contributed by atoms with van der Waals surface area (Å²) in [5.74, 6) is -1.13. The Balaban J connectivity index is 2.71. The zero-order chi connectivity index (χ0) is 17.5. The molecular weight excluding hydrogens is 320 g/mol. The minimum Gasteiger partial charge on any atom is -0.463 e. The summed E-state index contributed by atoms with van der Waals surface area (Å²) in [6.45, 7) is 5.34. The number of rotatable bonds is 7. The molecule has 7 nitrogen and oxygen atoms in total. The molecule has 1 aromatic rings. The molecule has 0 aromatic heterocycles. The van der Waals surface area contributed by atoms with Crippen LogP contribution >= 0.6 is 0 Å². The predicted molar refractivity (Wildman–Crippen MR) is 86.3 cm³/mol. The Bertz CT molecular complexity index is 678. The molecule has 0 aliphatic heterocycles. The number of ether oxygens (including phenoxy) is 1. The Morgan fingerprint density at radius 1 is 1.17 bits per heavy atom. The highest BCUT2D eigenvalue weighted by molar-refractivity contribution is 7.89. The van der Waals surface area contributed by atoms with Gasteiger partial charge in [-0.05, 0) is 45.0 Å². The van der Waals surface area contributed by atoms with Crippen molar-refractivity contribution in [3.63, 3.8) is 0 Å². The molecule has 0 bridgehead atoms. The standard InChI is InChI=1S/C15H20N2O5S/c1-4-22-15(19)10-9-14(18)16-12-5-7-13(8-6-12)23(20,21)17-11(2)3/h5-11,17H,4H2,1-3H3,(H,16,18). The lowest BCUT2D eigenvalue weighted by Gasteiger charge is -2.10. The molecule has 2 N–H and O–H groups in total. The molecule has 8 heteroatoms. The Morgan fingerprint density at radius 3 is 2.30 bits per heavy atom. The van der Waals surface area contributed by atoms with E-state index in [2.05, 4.69) is 14.8 Å². The van der Waals surface area contributed by atoms with Crippen molar-refractivity contribution in [2.45, 2.75) is 31.7 Å². The van der Waals surface area contributed by atoms with Crippen LogP contribution in [0.2, 0.25) is 0 Å². The molecule has 1 amide bonds. The van der Waals surface area contributed by atoms with Crippen molar-refractivity contribution in [3.05, 3.63) is 36.4 Å². The number of hydrogen-bond donors (Lipinski definition) is 2. The van der Waals surface area contributed by atoms with Crippen molar-refractivity contribution >= 4 is 27.6 Å². The predicted octanol–water partition coefficient (Wildman–Crippen LogP) is 1.43. The van der Waals surface area contributed by atoms with Gasteiger partial charge in [-0.3, -0.25) is 4.79 Å². The molecule has 0 fully saturated rings. The maximum absolute atomic E-state index is 12.0. The van der Waals surface area contributed by atoms with Gasteiger partial charge in [0, 0.05) is 23.9 Å². The van der Waals surface area contributed by atoms with E-state index in [-0.39, 0.29) is 17.5 Å². The Labute approximate surface area is 135 Å². The fraction of sp³-hybridized carbons (Fsp3) is 0.333. The van der Waals surface area contributed by atoms with Gasteiger partial charge < -0.3 is 10.1 Å². The summed E-state index contributed by atoms with van der Waals surface area (Å²) in [6.07, 6.45) is 2.06. The smallest absolute Gasteiger partial charge is 0.330 e. The van der Waals surface area contributed by atoms with E-state index in [1.165, 1.54) is 24.3 Å². The average Bonchev–Trinajstić information content (AvgIpc) is 2.45. The van der Waals surface area contributed by atoms with Gasteiger partial charge in [0.15, 0.2) is 0 Å². The Kier molecular flexibility index (Phi) is 6.92. The number of anilines is 1.